The summed E-state index contributed by atoms with van der Waals surface area (Å²) in [6, 6.07) is 7.19. The van der Waals surface area contributed by atoms with Crippen LogP contribution in [0.15, 0.2) is 41.2 Å². The van der Waals surface area contributed by atoms with Gasteiger partial charge in [0.2, 0.25) is 5.82 Å². The molecule has 5 heteroatoms. The maximum atomic E-state index is 9.94. The van der Waals surface area contributed by atoms with E-state index >= 15 is 0 Å². The monoisotopic (exact) mass is 267 g/mol. The van der Waals surface area contributed by atoms with Crippen molar-refractivity contribution in [1.82, 2.24) is 15.1 Å². The number of pyridine rings is 1. The van der Waals surface area contributed by atoms with E-state index in [1.165, 1.54) is 0 Å². The first-order valence-corrected chi connectivity index (χ1v) is 6.20. The summed E-state index contributed by atoms with van der Waals surface area (Å²) in [5, 5.41) is 13.9. The van der Waals surface area contributed by atoms with Crippen LogP contribution in [-0.4, -0.2) is 20.2 Å². The highest BCUT2D eigenvalue weighted by molar-refractivity contribution is 5.66. The van der Waals surface area contributed by atoms with Crippen molar-refractivity contribution in [3.63, 3.8) is 0 Å². The molecule has 20 heavy (non-hydrogen) atoms. The van der Waals surface area contributed by atoms with E-state index in [4.69, 9.17) is 4.52 Å². The molecule has 0 aliphatic carbocycles. The van der Waals surface area contributed by atoms with E-state index in [0.717, 1.165) is 16.7 Å². The molecule has 0 spiro atoms. The highest BCUT2D eigenvalue weighted by atomic mass is 16.5. The summed E-state index contributed by atoms with van der Waals surface area (Å²) in [6.07, 6.45) is 3.41. The van der Waals surface area contributed by atoms with E-state index < -0.39 is 0 Å². The van der Waals surface area contributed by atoms with E-state index in [0.29, 0.717) is 17.3 Å². The summed E-state index contributed by atoms with van der Waals surface area (Å²) in [7, 11) is 0. The zero-order valence-corrected chi connectivity index (χ0v) is 11.2. The molecule has 100 valence electrons. The number of phenolic OH excluding ortho intramolecular Hbond substituents is 1. The number of phenols is 1. The number of aromatic hydroxyl groups is 1. The molecule has 0 atom stereocenters. The summed E-state index contributed by atoms with van der Waals surface area (Å²) < 4.78 is 5.23. The van der Waals surface area contributed by atoms with Gasteiger partial charge in [0.25, 0.3) is 5.89 Å². The van der Waals surface area contributed by atoms with Gasteiger partial charge in [0.05, 0.1) is 5.56 Å². The fourth-order valence-electron chi connectivity index (χ4n) is 1.96. The molecule has 0 aliphatic rings. The molecule has 0 amide bonds. The zero-order chi connectivity index (χ0) is 14.1. The van der Waals surface area contributed by atoms with Crippen molar-refractivity contribution in [2.45, 2.75) is 13.8 Å². The van der Waals surface area contributed by atoms with Gasteiger partial charge in [-0.2, -0.15) is 4.98 Å². The Bertz CT molecular complexity index is 765. The smallest absolute Gasteiger partial charge is 0.261 e. The largest absolute Gasteiger partial charge is 0.507 e. The molecule has 0 fully saturated rings. The maximum Gasteiger partial charge on any atom is 0.261 e. The van der Waals surface area contributed by atoms with E-state index in [1.54, 1.807) is 24.5 Å². The molecule has 0 radical (unpaired) electrons. The van der Waals surface area contributed by atoms with Gasteiger partial charge in [-0.05, 0) is 43.2 Å². The Morgan fingerprint density at radius 1 is 1.10 bits per heavy atom. The Kier molecular flexibility index (Phi) is 2.95. The van der Waals surface area contributed by atoms with Crippen LogP contribution in [0.1, 0.15) is 11.1 Å². The van der Waals surface area contributed by atoms with Gasteiger partial charge >= 0.3 is 0 Å². The van der Waals surface area contributed by atoms with Gasteiger partial charge in [-0.1, -0.05) is 11.2 Å². The minimum absolute atomic E-state index is 0.128. The van der Waals surface area contributed by atoms with Crippen LogP contribution in [0.25, 0.3) is 22.8 Å². The van der Waals surface area contributed by atoms with Gasteiger partial charge in [0.15, 0.2) is 0 Å². The lowest BCUT2D eigenvalue weighted by atomic mass is 10.1. The molecular weight excluding hydrogens is 254 g/mol. The predicted molar refractivity (Wildman–Crippen MR) is 74.1 cm³/mol. The second kappa shape index (κ2) is 4.77. The van der Waals surface area contributed by atoms with Gasteiger partial charge in [-0.15, -0.1) is 0 Å². The lowest BCUT2D eigenvalue weighted by molar-refractivity contribution is 0.425. The number of benzene rings is 1. The first-order chi connectivity index (χ1) is 9.65. The first-order valence-electron chi connectivity index (χ1n) is 6.20. The number of rotatable bonds is 2. The predicted octanol–water partition coefficient (Wildman–Crippen LogP) is 3.12. The number of hydrogen-bond donors (Lipinski definition) is 1. The Morgan fingerprint density at radius 3 is 2.70 bits per heavy atom. The summed E-state index contributed by atoms with van der Waals surface area (Å²) >= 11 is 0. The molecule has 3 rings (SSSR count). The van der Waals surface area contributed by atoms with Crippen LogP contribution in [0, 0.1) is 13.8 Å². The second-order valence-electron chi connectivity index (χ2n) is 4.63. The molecule has 1 N–H and O–H groups in total. The van der Waals surface area contributed by atoms with Crippen molar-refractivity contribution < 1.29 is 9.63 Å². The molecule has 2 heterocycles. The standard InChI is InChI=1S/C15H13N3O2/c1-9-3-4-11(13(19)7-9)15-17-14(18-20-15)12-8-16-6-5-10(12)2/h3-8,19H,1-2H3. The number of aryl methyl sites for hydroxylation is 2. The van der Waals surface area contributed by atoms with E-state index in [-0.39, 0.29) is 5.75 Å². The molecule has 0 saturated heterocycles. The topological polar surface area (TPSA) is 72.0 Å². The van der Waals surface area contributed by atoms with Crippen LogP contribution in [0.3, 0.4) is 0 Å². The number of nitrogens with zero attached hydrogens (tertiary/aromatic N) is 3. The minimum Gasteiger partial charge on any atom is -0.507 e. The van der Waals surface area contributed by atoms with Crippen molar-refractivity contribution in [1.29, 1.82) is 0 Å². The molecule has 0 aliphatic heterocycles. The SMILES string of the molecule is Cc1ccc(-c2nc(-c3cnccc3C)no2)c(O)c1. The van der Waals surface area contributed by atoms with Crippen LogP contribution >= 0.6 is 0 Å². The average Bonchev–Trinajstić information content (AvgIpc) is 2.88. The molecule has 0 bridgehead atoms. The van der Waals surface area contributed by atoms with Crippen molar-refractivity contribution in [2.24, 2.45) is 0 Å². The van der Waals surface area contributed by atoms with Gasteiger partial charge in [0, 0.05) is 18.0 Å². The molecule has 5 nitrogen and oxygen atoms in total. The highest BCUT2D eigenvalue weighted by Crippen LogP contribution is 2.30. The average molecular weight is 267 g/mol. The van der Waals surface area contributed by atoms with Gasteiger partial charge in [-0.25, -0.2) is 0 Å². The van der Waals surface area contributed by atoms with Crippen molar-refractivity contribution in [3.05, 3.63) is 47.8 Å². The Balaban J connectivity index is 2.04. The Hall–Kier alpha value is -2.69. The van der Waals surface area contributed by atoms with Crippen LogP contribution in [0.4, 0.5) is 0 Å². The third-order valence-corrected chi connectivity index (χ3v) is 3.09. The van der Waals surface area contributed by atoms with Gasteiger partial charge in [0.1, 0.15) is 5.75 Å². The highest BCUT2D eigenvalue weighted by Gasteiger charge is 2.15. The summed E-state index contributed by atoms with van der Waals surface area (Å²) in [5.41, 5.74) is 3.32. The minimum atomic E-state index is 0.128. The van der Waals surface area contributed by atoms with Crippen LogP contribution in [0.2, 0.25) is 0 Å². The normalized spacial score (nSPS) is 10.7. The summed E-state index contributed by atoms with van der Waals surface area (Å²) in [4.78, 5) is 8.39. The molecule has 0 unspecified atom stereocenters. The van der Waals surface area contributed by atoms with Crippen molar-refractivity contribution in [2.75, 3.05) is 0 Å². The summed E-state index contributed by atoms with van der Waals surface area (Å²) in [5.74, 6) is 0.884. The van der Waals surface area contributed by atoms with Gasteiger partial charge in [-0.3, -0.25) is 4.98 Å². The third-order valence-electron chi connectivity index (χ3n) is 3.09. The lowest BCUT2D eigenvalue weighted by Gasteiger charge is -2.00. The maximum absolute atomic E-state index is 9.94. The first kappa shape index (κ1) is 12.3. The quantitative estimate of drug-likeness (QED) is 0.772. The van der Waals surface area contributed by atoms with E-state index in [9.17, 15) is 5.11 Å². The Morgan fingerprint density at radius 2 is 1.95 bits per heavy atom. The van der Waals surface area contributed by atoms with Crippen LogP contribution in [-0.2, 0) is 0 Å². The molecule has 1 aromatic carbocycles. The van der Waals surface area contributed by atoms with Crippen LogP contribution < -0.4 is 0 Å². The fraction of sp³-hybridized carbons (Fsp3) is 0.133. The molecule has 2 aromatic heterocycles. The molecular formula is C15H13N3O2. The van der Waals surface area contributed by atoms with Crippen LogP contribution in [0.5, 0.6) is 5.75 Å². The molecule has 3 aromatic rings. The number of hydrogen-bond acceptors (Lipinski definition) is 5. The lowest BCUT2D eigenvalue weighted by Crippen LogP contribution is -1.87. The molecule has 0 saturated carbocycles. The van der Waals surface area contributed by atoms with E-state index in [2.05, 4.69) is 15.1 Å². The number of aromatic nitrogens is 3. The van der Waals surface area contributed by atoms with Crippen molar-refractivity contribution in [3.8, 4) is 28.6 Å². The third kappa shape index (κ3) is 2.14. The van der Waals surface area contributed by atoms with E-state index in [1.807, 2.05) is 26.0 Å². The summed E-state index contributed by atoms with van der Waals surface area (Å²) in [6.45, 7) is 3.86. The fourth-order valence-corrected chi connectivity index (χ4v) is 1.96. The zero-order valence-electron chi connectivity index (χ0n) is 11.2. The van der Waals surface area contributed by atoms with Gasteiger partial charge < -0.3 is 9.63 Å². The second-order valence-corrected chi connectivity index (χ2v) is 4.63. The Labute approximate surface area is 115 Å². The van der Waals surface area contributed by atoms with Crippen molar-refractivity contribution >= 4 is 0 Å².